The summed E-state index contributed by atoms with van der Waals surface area (Å²) in [6.07, 6.45) is 0. The van der Waals surface area contributed by atoms with Gasteiger partial charge in [-0.3, -0.25) is 4.68 Å². The number of hydrogen-bond donors (Lipinski definition) is 1. The molecule has 3 aromatic rings. The van der Waals surface area contributed by atoms with Crippen LogP contribution in [0.5, 0.6) is 0 Å². The average Bonchev–Trinajstić information content (AvgIpc) is 2.82. The second kappa shape index (κ2) is 5.69. The van der Waals surface area contributed by atoms with Crippen LogP contribution in [0, 0.1) is 32.1 Å². The molecule has 0 saturated heterocycles. The molecule has 0 aliphatic carbocycles. The smallest absolute Gasteiger partial charge is 0.187 e. The lowest BCUT2D eigenvalue weighted by Crippen LogP contribution is -2.02. The van der Waals surface area contributed by atoms with E-state index in [2.05, 4.69) is 33.6 Å². The molecule has 116 valence electrons. The number of hydrogen-bond acceptors (Lipinski definition) is 5. The highest BCUT2D eigenvalue weighted by Crippen LogP contribution is 2.31. The second-order valence-corrected chi connectivity index (χ2v) is 5.54. The molecule has 6 heteroatoms. The standard InChI is InChI=1S/C17H18N6/c1-5-23-12(4)16(11(3)22-23)19-17-13-8-10(2)6-7-14(13)20-21-15(17)9-18/h6-8H,5H2,1-4H3,(H,19,20). The lowest BCUT2D eigenvalue weighted by atomic mass is 10.1. The average molecular weight is 306 g/mol. The van der Waals surface area contributed by atoms with E-state index in [1.54, 1.807) is 0 Å². The first-order valence-electron chi connectivity index (χ1n) is 7.53. The largest absolute Gasteiger partial charge is 0.350 e. The van der Waals surface area contributed by atoms with Crippen molar-refractivity contribution < 1.29 is 0 Å². The van der Waals surface area contributed by atoms with Crippen molar-refractivity contribution in [2.45, 2.75) is 34.2 Å². The Morgan fingerprint density at radius 1 is 1.17 bits per heavy atom. The molecule has 0 aliphatic rings. The van der Waals surface area contributed by atoms with Gasteiger partial charge in [0.1, 0.15) is 6.07 Å². The number of benzene rings is 1. The number of nitriles is 1. The minimum Gasteiger partial charge on any atom is -0.350 e. The molecule has 0 radical (unpaired) electrons. The zero-order chi connectivity index (χ0) is 16.6. The first-order valence-corrected chi connectivity index (χ1v) is 7.53. The summed E-state index contributed by atoms with van der Waals surface area (Å²) in [6.45, 7) is 8.83. The molecule has 0 amide bonds. The van der Waals surface area contributed by atoms with E-state index >= 15 is 0 Å². The molecular formula is C17H18N6. The van der Waals surface area contributed by atoms with Gasteiger partial charge >= 0.3 is 0 Å². The summed E-state index contributed by atoms with van der Waals surface area (Å²) >= 11 is 0. The summed E-state index contributed by atoms with van der Waals surface area (Å²) in [7, 11) is 0. The number of rotatable bonds is 3. The predicted octanol–water partition coefficient (Wildman–Crippen LogP) is 3.39. The van der Waals surface area contributed by atoms with Crippen molar-refractivity contribution in [2.75, 3.05) is 5.32 Å². The molecule has 2 heterocycles. The van der Waals surface area contributed by atoms with Crippen molar-refractivity contribution in [3.05, 3.63) is 40.8 Å². The van der Waals surface area contributed by atoms with Crippen LogP contribution in [0.1, 0.15) is 29.6 Å². The van der Waals surface area contributed by atoms with E-state index in [0.29, 0.717) is 5.69 Å². The molecule has 0 saturated carbocycles. The highest BCUT2D eigenvalue weighted by molar-refractivity contribution is 5.95. The molecule has 1 N–H and O–H groups in total. The van der Waals surface area contributed by atoms with Crippen LogP contribution in [0.15, 0.2) is 18.2 Å². The summed E-state index contributed by atoms with van der Waals surface area (Å²) < 4.78 is 1.94. The lowest BCUT2D eigenvalue weighted by Gasteiger charge is -2.11. The molecule has 1 aromatic carbocycles. The number of fused-ring (bicyclic) bond motifs is 1. The zero-order valence-electron chi connectivity index (χ0n) is 13.7. The first-order chi connectivity index (χ1) is 11.0. The quantitative estimate of drug-likeness (QED) is 0.802. The SMILES string of the molecule is CCn1nc(C)c(Nc2c(C#N)nnc3ccc(C)cc23)c1C. The molecule has 23 heavy (non-hydrogen) atoms. The van der Waals surface area contributed by atoms with Crippen LogP contribution in [0.2, 0.25) is 0 Å². The van der Waals surface area contributed by atoms with Gasteiger partial charge < -0.3 is 5.32 Å². The summed E-state index contributed by atoms with van der Waals surface area (Å²) in [5, 5.41) is 26.3. The third-order valence-corrected chi connectivity index (χ3v) is 3.95. The van der Waals surface area contributed by atoms with Gasteiger partial charge in [-0.25, -0.2) is 0 Å². The number of nitrogens with zero attached hydrogens (tertiary/aromatic N) is 5. The predicted molar refractivity (Wildman–Crippen MR) is 89.6 cm³/mol. The van der Waals surface area contributed by atoms with Crippen LogP contribution >= 0.6 is 0 Å². The van der Waals surface area contributed by atoms with Gasteiger partial charge in [-0.2, -0.15) is 10.4 Å². The molecule has 0 aliphatic heterocycles. The van der Waals surface area contributed by atoms with E-state index in [4.69, 9.17) is 0 Å². The molecule has 2 aromatic heterocycles. The van der Waals surface area contributed by atoms with Crippen molar-refractivity contribution >= 4 is 22.3 Å². The van der Waals surface area contributed by atoms with E-state index in [0.717, 1.165) is 40.1 Å². The number of aryl methyl sites for hydroxylation is 3. The van der Waals surface area contributed by atoms with Gasteiger partial charge in [0.05, 0.1) is 28.3 Å². The van der Waals surface area contributed by atoms with E-state index in [9.17, 15) is 5.26 Å². The molecule has 0 atom stereocenters. The van der Waals surface area contributed by atoms with Gasteiger partial charge in [-0.05, 0) is 39.8 Å². The van der Waals surface area contributed by atoms with Crippen LogP contribution in [-0.2, 0) is 6.54 Å². The number of nitrogens with one attached hydrogen (secondary N) is 1. The fourth-order valence-electron chi connectivity index (χ4n) is 2.73. The van der Waals surface area contributed by atoms with Crippen molar-refractivity contribution in [1.82, 2.24) is 20.0 Å². The Labute approximate surface area is 134 Å². The summed E-state index contributed by atoms with van der Waals surface area (Å²) in [4.78, 5) is 0. The molecule has 0 bridgehead atoms. The van der Waals surface area contributed by atoms with Gasteiger partial charge in [0.2, 0.25) is 0 Å². The second-order valence-electron chi connectivity index (χ2n) is 5.54. The first kappa shape index (κ1) is 15.0. The fourth-order valence-corrected chi connectivity index (χ4v) is 2.73. The monoisotopic (exact) mass is 306 g/mol. The number of anilines is 2. The van der Waals surface area contributed by atoms with Crippen LogP contribution in [0.4, 0.5) is 11.4 Å². The number of aromatic nitrogens is 4. The van der Waals surface area contributed by atoms with Crippen molar-refractivity contribution in [3.8, 4) is 6.07 Å². The molecule has 6 nitrogen and oxygen atoms in total. The maximum atomic E-state index is 9.40. The summed E-state index contributed by atoms with van der Waals surface area (Å²) in [6, 6.07) is 8.04. The van der Waals surface area contributed by atoms with Crippen molar-refractivity contribution in [3.63, 3.8) is 0 Å². The van der Waals surface area contributed by atoms with E-state index in [-0.39, 0.29) is 5.69 Å². The van der Waals surface area contributed by atoms with Crippen LogP contribution < -0.4 is 5.32 Å². The van der Waals surface area contributed by atoms with Gasteiger partial charge in [-0.15, -0.1) is 10.2 Å². The Hall–Kier alpha value is -2.94. The summed E-state index contributed by atoms with van der Waals surface area (Å²) in [5.74, 6) is 0. The van der Waals surface area contributed by atoms with Gasteiger partial charge in [0.25, 0.3) is 0 Å². The van der Waals surface area contributed by atoms with E-state index < -0.39 is 0 Å². The van der Waals surface area contributed by atoms with Crippen LogP contribution in [0.3, 0.4) is 0 Å². The molecule has 3 rings (SSSR count). The Morgan fingerprint density at radius 2 is 1.96 bits per heavy atom. The van der Waals surface area contributed by atoms with Gasteiger partial charge in [0, 0.05) is 11.9 Å². The maximum absolute atomic E-state index is 9.40. The highest BCUT2D eigenvalue weighted by Gasteiger charge is 2.16. The summed E-state index contributed by atoms with van der Waals surface area (Å²) in [5.41, 5.74) is 5.68. The zero-order valence-corrected chi connectivity index (χ0v) is 13.7. The third-order valence-electron chi connectivity index (χ3n) is 3.95. The molecule has 0 unspecified atom stereocenters. The normalized spacial score (nSPS) is 10.7. The van der Waals surface area contributed by atoms with E-state index in [1.165, 1.54) is 0 Å². The van der Waals surface area contributed by atoms with Gasteiger partial charge in [0.15, 0.2) is 5.69 Å². The molecular weight excluding hydrogens is 288 g/mol. The third kappa shape index (κ3) is 2.50. The van der Waals surface area contributed by atoms with Crippen LogP contribution in [0.25, 0.3) is 10.9 Å². The molecule has 0 fully saturated rings. The molecule has 0 spiro atoms. The Bertz CT molecular complexity index is 932. The minimum absolute atomic E-state index is 0.283. The highest BCUT2D eigenvalue weighted by atomic mass is 15.3. The van der Waals surface area contributed by atoms with E-state index in [1.807, 2.05) is 43.7 Å². The Balaban J connectivity index is 2.22. The Kier molecular flexibility index (Phi) is 3.70. The van der Waals surface area contributed by atoms with Gasteiger partial charge in [-0.1, -0.05) is 11.6 Å². The maximum Gasteiger partial charge on any atom is 0.187 e. The van der Waals surface area contributed by atoms with Crippen molar-refractivity contribution in [1.29, 1.82) is 5.26 Å². The Morgan fingerprint density at radius 3 is 2.61 bits per heavy atom. The topological polar surface area (TPSA) is 79.4 Å². The van der Waals surface area contributed by atoms with Crippen molar-refractivity contribution in [2.24, 2.45) is 0 Å². The lowest BCUT2D eigenvalue weighted by molar-refractivity contribution is 0.634. The minimum atomic E-state index is 0.283. The van der Waals surface area contributed by atoms with Crippen LogP contribution in [-0.4, -0.2) is 20.0 Å². The fraction of sp³-hybridized carbons (Fsp3) is 0.294.